The van der Waals surface area contributed by atoms with Crippen molar-refractivity contribution in [2.45, 2.75) is 26.3 Å². The third-order valence-electron chi connectivity index (χ3n) is 2.91. The summed E-state index contributed by atoms with van der Waals surface area (Å²) in [4.78, 5) is 10.7. The van der Waals surface area contributed by atoms with Crippen molar-refractivity contribution in [3.05, 3.63) is 38.3 Å². The Kier molecular flexibility index (Phi) is 5.22. The average molecular weight is 327 g/mol. The summed E-state index contributed by atoms with van der Waals surface area (Å²) in [6.07, 6.45) is 1.02. The first-order valence-electron chi connectivity index (χ1n) is 6.54. The van der Waals surface area contributed by atoms with Crippen molar-refractivity contribution in [3.8, 4) is 10.6 Å². The highest BCUT2D eigenvalue weighted by Crippen LogP contribution is 2.38. The lowest BCUT2D eigenvalue weighted by Gasteiger charge is -2.08. The molecule has 112 valence electrons. The van der Waals surface area contributed by atoms with Crippen molar-refractivity contribution in [3.63, 3.8) is 0 Å². The minimum atomic E-state index is -0.457. The van der Waals surface area contributed by atoms with Crippen LogP contribution in [0, 0.1) is 10.1 Å². The van der Waals surface area contributed by atoms with Gasteiger partial charge in [-0.2, -0.15) is 0 Å². The highest BCUT2D eigenvalue weighted by molar-refractivity contribution is 7.14. The number of halogens is 1. The predicted molar refractivity (Wildman–Crippen MR) is 83.7 cm³/mol. The second-order valence-corrected chi connectivity index (χ2v) is 5.93. The van der Waals surface area contributed by atoms with Gasteiger partial charge in [0.05, 0.1) is 16.0 Å². The normalized spacial score (nSPS) is 12.3. The van der Waals surface area contributed by atoms with E-state index in [1.165, 1.54) is 17.4 Å². The summed E-state index contributed by atoms with van der Waals surface area (Å²) in [5.41, 5.74) is 0.273. The van der Waals surface area contributed by atoms with Crippen LogP contribution < -0.4 is 5.32 Å². The van der Waals surface area contributed by atoms with E-state index in [0.717, 1.165) is 18.0 Å². The van der Waals surface area contributed by atoms with E-state index < -0.39 is 4.92 Å². The Bertz CT molecular complexity index is 647. The van der Waals surface area contributed by atoms with Gasteiger partial charge in [-0.15, -0.1) is 10.2 Å². The molecule has 1 heterocycles. The largest absolute Gasteiger partial charge is 0.308 e. The van der Waals surface area contributed by atoms with Gasteiger partial charge in [0.1, 0.15) is 10.6 Å². The first-order chi connectivity index (χ1) is 10.0. The highest BCUT2D eigenvalue weighted by atomic mass is 35.5. The van der Waals surface area contributed by atoms with Crippen LogP contribution in [0.15, 0.2) is 18.2 Å². The van der Waals surface area contributed by atoms with Gasteiger partial charge in [-0.25, -0.2) is 0 Å². The third-order valence-corrected chi connectivity index (χ3v) is 4.35. The number of rotatable bonds is 6. The van der Waals surface area contributed by atoms with Crippen LogP contribution in [0.3, 0.4) is 0 Å². The van der Waals surface area contributed by atoms with E-state index >= 15 is 0 Å². The van der Waals surface area contributed by atoms with Crippen molar-refractivity contribution in [2.24, 2.45) is 0 Å². The summed E-state index contributed by atoms with van der Waals surface area (Å²) in [5.74, 6) is 0. The lowest BCUT2D eigenvalue weighted by molar-refractivity contribution is -0.384. The molecule has 1 unspecified atom stereocenters. The Morgan fingerprint density at radius 1 is 1.48 bits per heavy atom. The molecule has 0 radical (unpaired) electrons. The second kappa shape index (κ2) is 6.93. The van der Waals surface area contributed by atoms with Crippen LogP contribution in [-0.4, -0.2) is 21.7 Å². The molecule has 0 aliphatic heterocycles. The van der Waals surface area contributed by atoms with Gasteiger partial charge >= 0.3 is 0 Å². The number of nitro benzene ring substituents is 1. The highest BCUT2D eigenvalue weighted by Gasteiger charge is 2.22. The molecule has 1 atom stereocenters. The van der Waals surface area contributed by atoms with Gasteiger partial charge in [-0.3, -0.25) is 10.1 Å². The number of nitrogens with zero attached hydrogens (tertiary/aromatic N) is 3. The Balaban J connectivity index is 2.36. The second-order valence-electron chi connectivity index (χ2n) is 4.51. The summed E-state index contributed by atoms with van der Waals surface area (Å²) in [6.45, 7) is 4.95. The summed E-state index contributed by atoms with van der Waals surface area (Å²) in [7, 11) is 0. The molecule has 1 N–H and O–H groups in total. The van der Waals surface area contributed by atoms with Crippen molar-refractivity contribution < 1.29 is 4.92 Å². The van der Waals surface area contributed by atoms with E-state index in [0.29, 0.717) is 15.6 Å². The third kappa shape index (κ3) is 3.55. The molecule has 1 aromatic carbocycles. The number of hydrogen-bond donors (Lipinski definition) is 1. The standard InChI is InChI=1S/C13H15ClN4O2S/c1-3-7-15-8(2)12-16-17-13(21-12)11-9(14)5-4-6-10(11)18(19)20/h4-6,8,15H,3,7H2,1-2H3. The Hall–Kier alpha value is -1.57. The predicted octanol–water partition coefficient (Wildman–Crippen LogP) is 3.83. The maximum atomic E-state index is 11.1. The molecule has 8 heteroatoms. The van der Waals surface area contributed by atoms with E-state index in [1.54, 1.807) is 12.1 Å². The summed E-state index contributed by atoms with van der Waals surface area (Å²) in [5, 5.41) is 24.2. The van der Waals surface area contributed by atoms with Crippen molar-refractivity contribution in [1.29, 1.82) is 0 Å². The average Bonchev–Trinajstić information content (AvgIpc) is 2.93. The fraction of sp³-hybridized carbons (Fsp3) is 0.385. The minimum Gasteiger partial charge on any atom is -0.308 e. The molecule has 0 bridgehead atoms. The van der Waals surface area contributed by atoms with E-state index in [2.05, 4.69) is 22.4 Å². The van der Waals surface area contributed by atoms with Crippen molar-refractivity contribution in [1.82, 2.24) is 15.5 Å². The zero-order valence-electron chi connectivity index (χ0n) is 11.7. The van der Waals surface area contributed by atoms with Gasteiger partial charge in [0.25, 0.3) is 5.69 Å². The van der Waals surface area contributed by atoms with Crippen LogP contribution in [-0.2, 0) is 0 Å². The van der Waals surface area contributed by atoms with Crippen LogP contribution in [0.4, 0.5) is 5.69 Å². The Morgan fingerprint density at radius 2 is 2.24 bits per heavy atom. The molecule has 0 aliphatic rings. The van der Waals surface area contributed by atoms with Gasteiger partial charge in [-0.1, -0.05) is 35.9 Å². The van der Waals surface area contributed by atoms with Gasteiger partial charge < -0.3 is 5.32 Å². The van der Waals surface area contributed by atoms with Crippen LogP contribution in [0.2, 0.25) is 5.02 Å². The van der Waals surface area contributed by atoms with E-state index in [4.69, 9.17) is 11.6 Å². The summed E-state index contributed by atoms with van der Waals surface area (Å²) < 4.78 is 0. The Labute approximate surface area is 131 Å². The lowest BCUT2D eigenvalue weighted by Crippen LogP contribution is -2.18. The maximum absolute atomic E-state index is 11.1. The number of benzene rings is 1. The van der Waals surface area contributed by atoms with E-state index in [-0.39, 0.29) is 11.7 Å². The fourth-order valence-electron chi connectivity index (χ4n) is 1.84. The molecular weight excluding hydrogens is 312 g/mol. The quantitative estimate of drug-likeness (QED) is 0.644. The zero-order chi connectivity index (χ0) is 15.4. The van der Waals surface area contributed by atoms with E-state index in [9.17, 15) is 10.1 Å². The molecule has 2 rings (SSSR count). The molecule has 2 aromatic rings. The first kappa shape index (κ1) is 15.8. The topological polar surface area (TPSA) is 81.0 Å². The molecular formula is C13H15ClN4O2S. The molecule has 6 nitrogen and oxygen atoms in total. The molecule has 0 amide bonds. The first-order valence-corrected chi connectivity index (χ1v) is 7.74. The van der Waals surface area contributed by atoms with Crippen molar-refractivity contribution in [2.75, 3.05) is 6.54 Å². The van der Waals surface area contributed by atoms with Gasteiger partial charge in [0.2, 0.25) is 0 Å². The molecule has 0 saturated heterocycles. The number of aromatic nitrogens is 2. The van der Waals surface area contributed by atoms with Gasteiger partial charge in [0, 0.05) is 6.07 Å². The summed E-state index contributed by atoms with van der Waals surface area (Å²) >= 11 is 7.42. The van der Waals surface area contributed by atoms with E-state index in [1.807, 2.05) is 6.92 Å². The minimum absolute atomic E-state index is 0.0535. The SMILES string of the molecule is CCCNC(C)c1nnc(-c2c(Cl)cccc2[N+](=O)[O-])s1. The van der Waals surface area contributed by atoms with Gasteiger partial charge in [-0.05, 0) is 26.0 Å². The molecule has 21 heavy (non-hydrogen) atoms. The van der Waals surface area contributed by atoms with Crippen molar-refractivity contribution >= 4 is 28.6 Å². The monoisotopic (exact) mass is 326 g/mol. The zero-order valence-corrected chi connectivity index (χ0v) is 13.2. The molecule has 1 aromatic heterocycles. The fourth-order valence-corrected chi connectivity index (χ4v) is 3.09. The van der Waals surface area contributed by atoms with Gasteiger partial charge in [0.15, 0.2) is 5.01 Å². The number of nitrogens with one attached hydrogen (secondary N) is 1. The Morgan fingerprint density at radius 3 is 2.90 bits per heavy atom. The smallest absolute Gasteiger partial charge is 0.281 e. The number of nitro groups is 1. The molecule has 0 saturated carbocycles. The summed E-state index contributed by atoms with van der Waals surface area (Å²) in [6, 6.07) is 4.64. The molecule has 0 spiro atoms. The van der Waals surface area contributed by atoms with Crippen LogP contribution in [0.25, 0.3) is 10.6 Å². The molecule has 0 aliphatic carbocycles. The van der Waals surface area contributed by atoms with Crippen LogP contribution >= 0.6 is 22.9 Å². The van der Waals surface area contributed by atoms with Crippen LogP contribution in [0.1, 0.15) is 31.3 Å². The maximum Gasteiger partial charge on any atom is 0.281 e. The number of hydrogen-bond acceptors (Lipinski definition) is 6. The molecule has 0 fully saturated rings. The lowest BCUT2D eigenvalue weighted by atomic mass is 10.2. The van der Waals surface area contributed by atoms with Crippen LogP contribution in [0.5, 0.6) is 0 Å².